The Labute approximate surface area is 69.7 Å². The van der Waals surface area contributed by atoms with E-state index in [1.807, 2.05) is 4.57 Å². The molecule has 1 aliphatic heterocycles. The van der Waals surface area contributed by atoms with E-state index >= 15 is 0 Å². The van der Waals surface area contributed by atoms with Crippen molar-refractivity contribution in [3.05, 3.63) is 28.7 Å². The third-order valence-electron chi connectivity index (χ3n) is 2.15. The van der Waals surface area contributed by atoms with Gasteiger partial charge in [-0.25, -0.2) is 4.98 Å². The lowest BCUT2D eigenvalue weighted by Gasteiger charge is -2.19. The van der Waals surface area contributed by atoms with Crippen LogP contribution in [0.25, 0.3) is 10.4 Å². The highest BCUT2D eigenvalue weighted by Crippen LogP contribution is 2.27. The van der Waals surface area contributed by atoms with Crippen molar-refractivity contribution >= 4 is 0 Å². The zero-order chi connectivity index (χ0) is 8.39. The smallest absolute Gasteiger partial charge is 0.0948 e. The Morgan fingerprint density at radius 2 is 2.67 bits per heavy atom. The van der Waals surface area contributed by atoms with Gasteiger partial charge in [-0.05, 0) is 18.4 Å². The zero-order valence-corrected chi connectivity index (χ0v) is 6.59. The maximum absolute atomic E-state index is 8.31. The first-order chi connectivity index (χ1) is 5.92. The molecule has 5 heteroatoms. The van der Waals surface area contributed by atoms with Crippen molar-refractivity contribution in [3.63, 3.8) is 0 Å². The van der Waals surface area contributed by atoms with E-state index in [0.717, 1.165) is 25.1 Å². The molecule has 0 saturated carbocycles. The van der Waals surface area contributed by atoms with Crippen molar-refractivity contribution in [2.75, 3.05) is 0 Å². The minimum Gasteiger partial charge on any atom is -0.334 e. The van der Waals surface area contributed by atoms with Crippen molar-refractivity contribution in [3.8, 4) is 0 Å². The van der Waals surface area contributed by atoms with Gasteiger partial charge in [0.05, 0.1) is 12.4 Å². The van der Waals surface area contributed by atoms with Gasteiger partial charge in [0.25, 0.3) is 0 Å². The maximum atomic E-state index is 8.31. The summed E-state index contributed by atoms with van der Waals surface area (Å²) in [5.41, 5.74) is 9.35. The molecule has 1 atom stereocenters. The fourth-order valence-corrected chi connectivity index (χ4v) is 1.58. The van der Waals surface area contributed by atoms with Crippen LogP contribution in [0.4, 0.5) is 0 Å². The highest BCUT2D eigenvalue weighted by Gasteiger charge is 2.18. The van der Waals surface area contributed by atoms with Crippen LogP contribution in [-0.2, 0) is 6.54 Å². The van der Waals surface area contributed by atoms with Crippen molar-refractivity contribution in [1.29, 1.82) is 0 Å². The Kier molecular flexibility index (Phi) is 1.72. The molecule has 2 heterocycles. The van der Waals surface area contributed by atoms with Crippen molar-refractivity contribution in [1.82, 2.24) is 9.55 Å². The maximum Gasteiger partial charge on any atom is 0.0948 e. The molecule has 1 aromatic heterocycles. The van der Waals surface area contributed by atoms with Crippen LogP contribution in [0.15, 0.2) is 17.6 Å². The largest absolute Gasteiger partial charge is 0.334 e. The van der Waals surface area contributed by atoms with Crippen LogP contribution in [-0.4, -0.2) is 9.55 Å². The molecule has 0 N–H and O–H groups in total. The molecule has 62 valence electrons. The molecule has 12 heavy (non-hydrogen) atoms. The van der Waals surface area contributed by atoms with E-state index in [2.05, 4.69) is 15.0 Å². The van der Waals surface area contributed by atoms with Crippen molar-refractivity contribution < 1.29 is 0 Å². The number of hydrogen-bond acceptors (Lipinski definition) is 2. The van der Waals surface area contributed by atoms with Crippen LogP contribution >= 0.6 is 0 Å². The zero-order valence-electron chi connectivity index (χ0n) is 6.59. The molecule has 1 aliphatic rings. The van der Waals surface area contributed by atoms with Gasteiger partial charge in [-0.3, -0.25) is 0 Å². The van der Waals surface area contributed by atoms with E-state index in [1.165, 1.54) is 0 Å². The summed E-state index contributed by atoms with van der Waals surface area (Å²) in [5.74, 6) is 0. The molecule has 0 spiro atoms. The Morgan fingerprint density at radius 3 is 3.50 bits per heavy atom. The molecule has 2 rings (SSSR count). The second kappa shape index (κ2) is 2.87. The minimum absolute atomic E-state index is 0.00810. The summed E-state index contributed by atoms with van der Waals surface area (Å²) < 4.78 is 2.04. The number of aryl methyl sites for hydroxylation is 1. The van der Waals surface area contributed by atoms with E-state index in [1.54, 1.807) is 12.5 Å². The van der Waals surface area contributed by atoms with Gasteiger partial charge in [0, 0.05) is 23.3 Å². The van der Waals surface area contributed by atoms with Gasteiger partial charge in [0.1, 0.15) is 0 Å². The number of azide groups is 1. The minimum atomic E-state index is -0.00810. The van der Waals surface area contributed by atoms with Crippen molar-refractivity contribution in [2.24, 2.45) is 5.11 Å². The molecular formula is C7H9N5. The molecule has 0 bridgehead atoms. The fourth-order valence-electron chi connectivity index (χ4n) is 1.58. The first-order valence-electron chi connectivity index (χ1n) is 3.96. The Balaban J connectivity index is 2.37. The Morgan fingerprint density at radius 1 is 1.75 bits per heavy atom. The molecular weight excluding hydrogens is 154 g/mol. The SMILES string of the molecule is [N-]=[N+]=NC1CCCn2cncc21. The highest BCUT2D eigenvalue weighted by molar-refractivity contribution is 5.07. The van der Waals surface area contributed by atoms with Crippen LogP contribution in [0.5, 0.6) is 0 Å². The molecule has 0 radical (unpaired) electrons. The number of nitrogens with zero attached hydrogens (tertiary/aromatic N) is 5. The van der Waals surface area contributed by atoms with Crippen LogP contribution in [0.3, 0.4) is 0 Å². The topological polar surface area (TPSA) is 66.6 Å². The standard InChI is InChI=1S/C7H9N5/c8-11-10-6-2-1-3-12-5-9-4-7(6)12/h4-6H,1-3H2. The number of aromatic nitrogens is 2. The number of rotatable bonds is 1. The molecule has 0 fully saturated rings. The molecule has 5 nitrogen and oxygen atoms in total. The van der Waals surface area contributed by atoms with Gasteiger partial charge in [0.2, 0.25) is 0 Å². The average Bonchev–Trinajstić information content (AvgIpc) is 2.53. The Bertz CT molecular complexity index is 322. The highest BCUT2D eigenvalue weighted by atomic mass is 15.2. The lowest BCUT2D eigenvalue weighted by molar-refractivity contribution is 0.462. The van der Waals surface area contributed by atoms with E-state index in [4.69, 9.17) is 5.53 Å². The normalized spacial score (nSPS) is 21.2. The van der Waals surface area contributed by atoms with Crippen LogP contribution in [0.1, 0.15) is 24.6 Å². The first kappa shape index (κ1) is 7.18. The van der Waals surface area contributed by atoms with Gasteiger partial charge < -0.3 is 4.57 Å². The van der Waals surface area contributed by atoms with Gasteiger partial charge >= 0.3 is 0 Å². The van der Waals surface area contributed by atoms with Crippen LogP contribution < -0.4 is 0 Å². The van der Waals surface area contributed by atoms with E-state index in [9.17, 15) is 0 Å². The summed E-state index contributed by atoms with van der Waals surface area (Å²) in [4.78, 5) is 6.84. The van der Waals surface area contributed by atoms with Gasteiger partial charge in [-0.1, -0.05) is 5.11 Å². The second-order valence-corrected chi connectivity index (χ2v) is 2.87. The lowest BCUT2D eigenvalue weighted by atomic mass is 10.1. The summed E-state index contributed by atoms with van der Waals surface area (Å²) >= 11 is 0. The molecule has 0 aliphatic carbocycles. The molecule has 0 aromatic carbocycles. The fraction of sp³-hybridized carbons (Fsp3) is 0.571. The molecule has 0 amide bonds. The first-order valence-corrected chi connectivity index (χ1v) is 3.96. The predicted molar refractivity (Wildman–Crippen MR) is 43.3 cm³/mol. The van der Waals surface area contributed by atoms with Crippen molar-refractivity contribution in [2.45, 2.75) is 25.4 Å². The van der Waals surface area contributed by atoms with Gasteiger partial charge in [-0.2, -0.15) is 0 Å². The quantitative estimate of drug-likeness (QED) is 0.355. The summed E-state index contributed by atoms with van der Waals surface area (Å²) in [5, 5.41) is 3.72. The van der Waals surface area contributed by atoms with E-state index < -0.39 is 0 Å². The molecule has 0 saturated heterocycles. The number of imidazole rings is 1. The number of fused-ring (bicyclic) bond motifs is 1. The number of hydrogen-bond donors (Lipinski definition) is 0. The molecule has 1 unspecified atom stereocenters. The molecule has 1 aromatic rings. The lowest BCUT2D eigenvalue weighted by Crippen LogP contribution is -2.12. The summed E-state index contributed by atoms with van der Waals surface area (Å²) in [6.07, 6.45) is 5.57. The third kappa shape index (κ3) is 1.04. The monoisotopic (exact) mass is 163 g/mol. The van der Waals surface area contributed by atoms with Gasteiger partial charge in [0.15, 0.2) is 0 Å². The van der Waals surface area contributed by atoms with Crippen LogP contribution in [0, 0.1) is 0 Å². The third-order valence-corrected chi connectivity index (χ3v) is 2.15. The van der Waals surface area contributed by atoms with Crippen LogP contribution in [0.2, 0.25) is 0 Å². The van der Waals surface area contributed by atoms with E-state index in [-0.39, 0.29) is 6.04 Å². The summed E-state index contributed by atoms with van der Waals surface area (Å²) in [6.45, 7) is 0.993. The predicted octanol–water partition coefficient (Wildman–Crippen LogP) is 2.03. The second-order valence-electron chi connectivity index (χ2n) is 2.87. The summed E-state index contributed by atoms with van der Waals surface area (Å²) in [6, 6.07) is -0.00810. The van der Waals surface area contributed by atoms with Gasteiger partial charge in [-0.15, -0.1) is 0 Å². The average molecular weight is 163 g/mol. The van der Waals surface area contributed by atoms with E-state index in [0.29, 0.717) is 0 Å². The summed E-state index contributed by atoms with van der Waals surface area (Å²) in [7, 11) is 0. The Hall–Kier alpha value is -1.48.